The zero-order valence-corrected chi connectivity index (χ0v) is 12.9. The van der Waals surface area contributed by atoms with E-state index in [1.807, 2.05) is 12.3 Å². The van der Waals surface area contributed by atoms with Gasteiger partial charge in [-0.05, 0) is 19.1 Å². The number of halogens is 2. The van der Waals surface area contributed by atoms with Crippen LogP contribution in [0.25, 0.3) is 0 Å². The Balaban J connectivity index is 1.94. The van der Waals surface area contributed by atoms with E-state index >= 15 is 0 Å². The highest BCUT2D eigenvalue weighted by molar-refractivity contribution is 7.09. The van der Waals surface area contributed by atoms with Crippen LogP contribution in [0.5, 0.6) is 0 Å². The van der Waals surface area contributed by atoms with Gasteiger partial charge in [0.15, 0.2) is 0 Å². The van der Waals surface area contributed by atoms with Crippen molar-refractivity contribution in [2.24, 2.45) is 5.10 Å². The van der Waals surface area contributed by atoms with Gasteiger partial charge in [0, 0.05) is 16.6 Å². The number of carbonyl (C=O) groups is 1. The Morgan fingerprint density at radius 2 is 2.15 bits per heavy atom. The monoisotopic (exact) mass is 327 g/mol. The van der Waals surface area contributed by atoms with E-state index in [1.54, 1.807) is 18.2 Å². The van der Waals surface area contributed by atoms with Crippen LogP contribution in [0.1, 0.15) is 16.3 Å². The lowest BCUT2D eigenvalue weighted by molar-refractivity contribution is -0.120. The van der Waals surface area contributed by atoms with E-state index in [2.05, 4.69) is 15.5 Å². The molecule has 0 bridgehead atoms. The lowest BCUT2D eigenvalue weighted by atomic mass is 10.2. The second-order valence-corrected chi connectivity index (χ2v) is 5.74. The van der Waals surface area contributed by atoms with E-state index in [0.717, 1.165) is 10.7 Å². The third kappa shape index (κ3) is 4.03. The smallest absolute Gasteiger partial charge is 0.246 e. The molecule has 4 nitrogen and oxygen atoms in total. The maximum absolute atomic E-state index is 11.7. The van der Waals surface area contributed by atoms with Crippen molar-refractivity contribution in [1.82, 2.24) is 10.4 Å². The van der Waals surface area contributed by atoms with Crippen molar-refractivity contribution in [1.29, 1.82) is 0 Å². The molecule has 0 radical (unpaired) electrons. The number of rotatable bonds is 4. The van der Waals surface area contributed by atoms with Gasteiger partial charge >= 0.3 is 0 Å². The summed E-state index contributed by atoms with van der Waals surface area (Å²) in [6.45, 7) is 1.88. The largest absolute Gasteiger partial charge is 0.273 e. The maximum atomic E-state index is 11.7. The summed E-state index contributed by atoms with van der Waals surface area (Å²) in [4.78, 5) is 15.9. The van der Waals surface area contributed by atoms with E-state index in [0.29, 0.717) is 15.6 Å². The molecule has 1 amide bonds. The summed E-state index contributed by atoms with van der Waals surface area (Å²) in [5.74, 6) is -0.237. The molecular weight excluding hydrogens is 317 g/mol. The predicted molar refractivity (Wildman–Crippen MR) is 82.8 cm³/mol. The summed E-state index contributed by atoms with van der Waals surface area (Å²) in [6.07, 6.45) is 1.63. The van der Waals surface area contributed by atoms with Crippen LogP contribution in [-0.2, 0) is 11.2 Å². The number of nitrogens with one attached hydrogen (secondary N) is 1. The molecule has 7 heteroatoms. The van der Waals surface area contributed by atoms with Crippen molar-refractivity contribution in [3.05, 3.63) is 49.9 Å². The summed E-state index contributed by atoms with van der Waals surface area (Å²) in [7, 11) is 0. The highest BCUT2D eigenvalue weighted by Crippen LogP contribution is 2.21. The first-order valence-corrected chi connectivity index (χ1v) is 7.36. The van der Waals surface area contributed by atoms with Crippen LogP contribution in [0, 0.1) is 6.92 Å². The van der Waals surface area contributed by atoms with Gasteiger partial charge in [0.05, 0.1) is 22.7 Å². The number of hydrazone groups is 1. The number of amides is 1. The SMILES string of the molecule is Cc1csc(CC(=O)N/N=C\c2c(Cl)cccc2Cl)n1. The number of aryl methyl sites for hydroxylation is 1. The Hall–Kier alpha value is -1.43. The number of thiazole rings is 1. The zero-order chi connectivity index (χ0) is 14.5. The molecule has 1 heterocycles. The van der Waals surface area contributed by atoms with E-state index < -0.39 is 0 Å². The first kappa shape index (κ1) is 15.0. The summed E-state index contributed by atoms with van der Waals surface area (Å²) < 4.78 is 0. The Bertz CT molecular complexity index is 635. The lowest BCUT2D eigenvalue weighted by Gasteiger charge is -2.00. The Morgan fingerprint density at radius 3 is 2.75 bits per heavy atom. The van der Waals surface area contributed by atoms with E-state index in [9.17, 15) is 4.79 Å². The molecule has 0 aliphatic carbocycles. The molecule has 1 aromatic carbocycles. The molecule has 2 rings (SSSR count). The van der Waals surface area contributed by atoms with Crippen molar-refractivity contribution < 1.29 is 4.79 Å². The van der Waals surface area contributed by atoms with Crippen LogP contribution in [0.3, 0.4) is 0 Å². The molecule has 1 aromatic heterocycles. The summed E-state index contributed by atoms with van der Waals surface area (Å²) in [6, 6.07) is 5.15. The summed E-state index contributed by atoms with van der Waals surface area (Å²) >= 11 is 13.4. The van der Waals surface area contributed by atoms with Gasteiger partial charge in [-0.15, -0.1) is 11.3 Å². The van der Waals surface area contributed by atoms with Crippen LogP contribution in [0.15, 0.2) is 28.7 Å². The molecular formula is C13H11Cl2N3OS. The van der Waals surface area contributed by atoms with E-state index in [1.165, 1.54) is 17.6 Å². The minimum Gasteiger partial charge on any atom is -0.273 e. The molecule has 0 saturated heterocycles. The van der Waals surface area contributed by atoms with Crippen molar-refractivity contribution in [2.75, 3.05) is 0 Å². The van der Waals surface area contributed by atoms with Crippen molar-refractivity contribution in [2.45, 2.75) is 13.3 Å². The van der Waals surface area contributed by atoms with Crippen LogP contribution >= 0.6 is 34.5 Å². The molecule has 20 heavy (non-hydrogen) atoms. The maximum Gasteiger partial charge on any atom is 0.246 e. The Morgan fingerprint density at radius 1 is 1.45 bits per heavy atom. The average molecular weight is 328 g/mol. The topological polar surface area (TPSA) is 54.4 Å². The van der Waals surface area contributed by atoms with Gasteiger partial charge < -0.3 is 0 Å². The molecule has 0 atom stereocenters. The van der Waals surface area contributed by atoms with E-state index in [-0.39, 0.29) is 12.3 Å². The van der Waals surface area contributed by atoms with Crippen molar-refractivity contribution in [3.63, 3.8) is 0 Å². The van der Waals surface area contributed by atoms with Crippen molar-refractivity contribution in [3.8, 4) is 0 Å². The number of carbonyl (C=O) groups excluding carboxylic acids is 1. The third-order valence-electron chi connectivity index (χ3n) is 2.36. The summed E-state index contributed by atoms with van der Waals surface area (Å²) in [5, 5.41) is 7.46. The van der Waals surface area contributed by atoms with Gasteiger partial charge in [-0.2, -0.15) is 5.10 Å². The first-order chi connectivity index (χ1) is 9.56. The normalized spacial score (nSPS) is 10.9. The van der Waals surface area contributed by atoms with Gasteiger partial charge in [-0.25, -0.2) is 10.4 Å². The second-order valence-electron chi connectivity index (χ2n) is 3.99. The lowest BCUT2D eigenvalue weighted by Crippen LogP contribution is -2.19. The average Bonchev–Trinajstić information content (AvgIpc) is 2.78. The number of nitrogens with zero attached hydrogens (tertiary/aromatic N) is 2. The van der Waals surface area contributed by atoms with Gasteiger partial charge in [0.1, 0.15) is 5.01 Å². The second kappa shape index (κ2) is 6.83. The van der Waals surface area contributed by atoms with Gasteiger partial charge in [-0.1, -0.05) is 29.3 Å². The zero-order valence-electron chi connectivity index (χ0n) is 10.6. The molecule has 1 N–H and O–H groups in total. The molecule has 0 unspecified atom stereocenters. The standard InChI is InChI=1S/C13H11Cl2N3OS/c1-8-7-20-13(17-8)5-12(19)18-16-6-9-10(14)3-2-4-11(9)15/h2-4,6-7H,5H2,1H3,(H,18,19)/b16-6-. The van der Waals surface area contributed by atoms with Gasteiger partial charge in [-0.3, -0.25) is 4.79 Å². The van der Waals surface area contributed by atoms with Gasteiger partial charge in [0.25, 0.3) is 0 Å². The fourth-order valence-electron chi connectivity index (χ4n) is 1.46. The first-order valence-electron chi connectivity index (χ1n) is 5.73. The third-order valence-corrected chi connectivity index (χ3v) is 3.99. The van der Waals surface area contributed by atoms with Crippen LogP contribution in [0.2, 0.25) is 10.0 Å². The molecule has 0 aliphatic heterocycles. The van der Waals surface area contributed by atoms with Crippen LogP contribution < -0.4 is 5.43 Å². The number of aromatic nitrogens is 1. The van der Waals surface area contributed by atoms with E-state index in [4.69, 9.17) is 23.2 Å². The van der Waals surface area contributed by atoms with Crippen LogP contribution in [0.4, 0.5) is 0 Å². The predicted octanol–water partition coefficient (Wildman–Crippen LogP) is 3.45. The minimum absolute atomic E-state index is 0.200. The fourth-order valence-corrected chi connectivity index (χ4v) is 2.73. The highest BCUT2D eigenvalue weighted by atomic mass is 35.5. The molecule has 0 saturated carbocycles. The number of benzene rings is 1. The molecule has 0 aliphatic rings. The summed E-state index contributed by atoms with van der Waals surface area (Å²) in [5.41, 5.74) is 3.90. The minimum atomic E-state index is -0.237. The Kier molecular flexibility index (Phi) is 5.11. The Labute approximate surface area is 130 Å². The number of hydrogen-bond donors (Lipinski definition) is 1. The molecule has 0 spiro atoms. The molecule has 104 valence electrons. The molecule has 2 aromatic rings. The quantitative estimate of drug-likeness (QED) is 0.690. The van der Waals surface area contributed by atoms with Gasteiger partial charge in [0.2, 0.25) is 5.91 Å². The fraction of sp³-hybridized carbons (Fsp3) is 0.154. The van der Waals surface area contributed by atoms with Crippen LogP contribution in [-0.4, -0.2) is 17.1 Å². The highest BCUT2D eigenvalue weighted by Gasteiger charge is 2.06. The van der Waals surface area contributed by atoms with Crippen molar-refractivity contribution >= 4 is 46.7 Å². The molecule has 0 fully saturated rings. The number of hydrogen-bond acceptors (Lipinski definition) is 4.